The van der Waals surface area contributed by atoms with Crippen molar-refractivity contribution >= 4 is 5.78 Å². The smallest absolute Gasteiger partial charge is 0.162 e. The molecule has 0 heterocycles. The normalized spacial score (nSPS) is 14.7. The van der Waals surface area contributed by atoms with Gasteiger partial charge in [0.25, 0.3) is 0 Å². The number of carbonyl (C=O) groups is 1. The third-order valence-corrected chi connectivity index (χ3v) is 4.38. The maximum absolute atomic E-state index is 11.4. The molecule has 0 saturated heterocycles. The van der Waals surface area contributed by atoms with Gasteiger partial charge in [0, 0.05) is 5.56 Å². The van der Waals surface area contributed by atoms with Crippen LogP contribution in [0.4, 0.5) is 0 Å². The van der Waals surface area contributed by atoms with Crippen LogP contribution < -0.4 is 9.47 Å². The van der Waals surface area contributed by atoms with Crippen LogP contribution in [0.2, 0.25) is 0 Å². The van der Waals surface area contributed by atoms with E-state index in [9.17, 15) is 4.79 Å². The van der Waals surface area contributed by atoms with Gasteiger partial charge in [0.05, 0.1) is 13.2 Å². The van der Waals surface area contributed by atoms with Crippen molar-refractivity contribution < 1.29 is 14.3 Å². The van der Waals surface area contributed by atoms with Gasteiger partial charge in [-0.3, -0.25) is 4.79 Å². The fraction of sp³-hybridized carbons (Fsp3) is 0.350. The summed E-state index contributed by atoms with van der Waals surface area (Å²) in [6, 6.07) is 13.6. The van der Waals surface area contributed by atoms with Crippen LogP contribution in [0.5, 0.6) is 11.5 Å². The molecule has 0 amide bonds. The Bertz CT molecular complexity index is 683. The lowest BCUT2D eigenvalue weighted by Gasteiger charge is -2.17. The van der Waals surface area contributed by atoms with E-state index in [1.807, 2.05) is 42.5 Å². The first kappa shape index (κ1) is 15.6. The standard InChI is InChI=1S/C20H22O3/c1-14(21)15-7-9-16(10-8-15)17-11-12-19(22-2)20(13-17)23-18-5-3-4-6-18/h7-13,18H,3-6H2,1-2H3. The molecule has 23 heavy (non-hydrogen) atoms. The highest BCUT2D eigenvalue weighted by Gasteiger charge is 2.18. The molecule has 0 radical (unpaired) electrons. The molecule has 3 rings (SSSR count). The fourth-order valence-electron chi connectivity index (χ4n) is 3.03. The van der Waals surface area contributed by atoms with Gasteiger partial charge < -0.3 is 9.47 Å². The molecule has 2 aromatic carbocycles. The van der Waals surface area contributed by atoms with E-state index in [2.05, 4.69) is 0 Å². The Hall–Kier alpha value is -2.29. The van der Waals surface area contributed by atoms with Crippen LogP contribution in [0.1, 0.15) is 43.0 Å². The fourth-order valence-corrected chi connectivity index (χ4v) is 3.03. The van der Waals surface area contributed by atoms with Crippen LogP contribution in [0.15, 0.2) is 42.5 Å². The molecule has 0 spiro atoms. The van der Waals surface area contributed by atoms with Crippen LogP contribution in [-0.4, -0.2) is 19.0 Å². The molecule has 1 saturated carbocycles. The summed E-state index contributed by atoms with van der Waals surface area (Å²) in [5.74, 6) is 1.64. The van der Waals surface area contributed by atoms with Gasteiger partial charge in [-0.25, -0.2) is 0 Å². The minimum atomic E-state index is 0.0801. The van der Waals surface area contributed by atoms with Gasteiger partial charge in [0.2, 0.25) is 0 Å². The molecule has 3 heteroatoms. The SMILES string of the molecule is COc1ccc(-c2ccc(C(C)=O)cc2)cc1OC1CCCC1. The van der Waals surface area contributed by atoms with Crippen LogP contribution in [-0.2, 0) is 0 Å². The quantitative estimate of drug-likeness (QED) is 0.738. The Morgan fingerprint density at radius 1 is 0.957 bits per heavy atom. The van der Waals surface area contributed by atoms with Crippen LogP contribution in [0.25, 0.3) is 11.1 Å². The number of rotatable bonds is 5. The Morgan fingerprint density at radius 2 is 1.61 bits per heavy atom. The van der Waals surface area contributed by atoms with Gasteiger partial charge in [-0.15, -0.1) is 0 Å². The average molecular weight is 310 g/mol. The van der Waals surface area contributed by atoms with Crippen molar-refractivity contribution in [1.29, 1.82) is 0 Å². The number of ether oxygens (including phenoxy) is 2. The molecule has 0 unspecified atom stereocenters. The topological polar surface area (TPSA) is 35.5 Å². The van der Waals surface area contributed by atoms with E-state index >= 15 is 0 Å². The summed E-state index contributed by atoms with van der Waals surface area (Å²) in [4.78, 5) is 11.4. The molecule has 0 atom stereocenters. The lowest BCUT2D eigenvalue weighted by Crippen LogP contribution is -2.11. The summed E-state index contributed by atoms with van der Waals surface area (Å²) in [5, 5.41) is 0. The van der Waals surface area contributed by atoms with Crippen molar-refractivity contribution in [3.05, 3.63) is 48.0 Å². The van der Waals surface area contributed by atoms with Gasteiger partial charge in [0.15, 0.2) is 17.3 Å². The van der Waals surface area contributed by atoms with E-state index in [1.165, 1.54) is 12.8 Å². The van der Waals surface area contributed by atoms with E-state index < -0.39 is 0 Å². The first-order valence-corrected chi connectivity index (χ1v) is 8.13. The van der Waals surface area contributed by atoms with Crippen molar-refractivity contribution in [1.82, 2.24) is 0 Å². The molecule has 1 aliphatic carbocycles. The van der Waals surface area contributed by atoms with Crippen molar-refractivity contribution in [2.45, 2.75) is 38.7 Å². The summed E-state index contributed by atoms with van der Waals surface area (Å²) in [5.41, 5.74) is 2.85. The highest BCUT2D eigenvalue weighted by atomic mass is 16.5. The summed E-state index contributed by atoms with van der Waals surface area (Å²) in [7, 11) is 1.66. The first-order valence-electron chi connectivity index (χ1n) is 8.13. The van der Waals surface area contributed by atoms with Gasteiger partial charge in [-0.1, -0.05) is 30.3 Å². The molecule has 3 nitrogen and oxygen atoms in total. The van der Waals surface area contributed by atoms with E-state index in [-0.39, 0.29) is 5.78 Å². The van der Waals surface area contributed by atoms with Crippen LogP contribution in [0.3, 0.4) is 0 Å². The second kappa shape index (κ2) is 6.86. The minimum absolute atomic E-state index is 0.0801. The molecule has 120 valence electrons. The molecular formula is C20H22O3. The summed E-state index contributed by atoms with van der Waals surface area (Å²) >= 11 is 0. The Balaban J connectivity index is 1.88. The van der Waals surface area contributed by atoms with Crippen LogP contribution in [0, 0.1) is 0 Å². The third kappa shape index (κ3) is 3.55. The zero-order chi connectivity index (χ0) is 16.2. The molecule has 0 N–H and O–H groups in total. The van der Waals surface area contributed by atoms with E-state index in [4.69, 9.17) is 9.47 Å². The zero-order valence-electron chi connectivity index (χ0n) is 13.7. The molecule has 2 aromatic rings. The summed E-state index contributed by atoms with van der Waals surface area (Å²) < 4.78 is 11.6. The van der Waals surface area contributed by atoms with Gasteiger partial charge in [-0.2, -0.15) is 0 Å². The Labute approximate surface area is 137 Å². The van der Waals surface area contributed by atoms with Crippen LogP contribution >= 0.6 is 0 Å². The third-order valence-electron chi connectivity index (χ3n) is 4.38. The molecule has 0 aromatic heterocycles. The predicted octanol–water partition coefficient (Wildman–Crippen LogP) is 4.89. The van der Waals surface area contributed by atoms with Gasteiger partial charge in [-0.05, 0) is 55.9 Å². The molecule has 1 aliphatic rings. The number of ketones is 1. The lowest BCUT2D eigenvalue weighted by molar-refractivity contribution is 0.101. The van der Waals surface area contributed by atoms with Crippen molar-refractivity contribution in [2.24, 2.45) is 0 Å². The number of hydrogen-bond donors (Lipinski definition) is 0. The number of Topliss-reactive ketones (excluding diaryl/α,β-unsaturated/α-hetero) is 1. The largest absolute Gasteiger partial charge is 0.493 e. The number of carbonyl (C=O) groups excluding carboxylic acids is 1. The summed E-state index contributed by atoms with van der Waals surface area (Å²) in [6.45, 7) is 1.58. The maximum atomic E-state index is 11.4. The molecular weight excluding hydrogens is 288 g/mol. The van der Waals surface area contributed by atoms with Gasteiger partial charge in [0.1, 0.15) is 0 Å². The monoisotopic (exact) mass is 310 g/mol. The maximum Gasteiger partial charge on any atom is 0.162 e. The van der Waals surface area contributed by atoms with Crippen molar-refractivity contribution in [3.8, 4) is 22.6 Å². The highest BCUT2D eigenvalue weighted by Crippen LogP contribution is 2.35. The van der Waals surface area contributed by atoms with E-state index in [1.54, 1.807) is 14.0 Å². The van der Waals surface area contributed by atoms with Crippen molar-refractivity contribution in [2.75, 3.05) is 7.11 Å². The van der Waals surface area contributed by atoms with E-state index in [0.717, 1.165) is 41.0 Å². The predicted molar refractivity (Wildman–Crippen MR) is 91.3 cm³/mol. The second-order valence-electron chi connectivity index (χ2n) is 6.02. The van der Waals surface area contributed by atoms with E-state index in [0.29, 0.717) is 6.10 Å². The molecule has 1 fully saturated rings. The number of methoxy groups -OCH3 is 1. The average Bonchev–Trinajstić information content (AvgIpc) is 3.08. The number of benzene rings is 2. The molecule has 0 aliphatic heterocycles. The zero-order valence-corrected chi connectivity index (χ0v) is 13.7. The van der Waals surface area contributed by atoms with Crippen molar-refractivity contribution in [3.63, 3.8) is 0 Å². The minimum Gasteiger partial charge on any atom is -0.493 e. The Morgan fingerprint density at radius 3 is 2.22 bits per heavy atom. The lowest BCUT2D eigenvalue weighted by atomic mass is 10.0. The summed E-state index contributed by atoms with van der Waals surface area (Å²) in [6.07, 6.45) is 4.99. The van der Waals surface area contributed by atoms with Gasteiger partial charge >= 0.3 is 0 Å². The molecule has 0 bridgehead atoms. The first-order chi connectivity index (χ1) is 11.2. The Kier molecular flexibility index (Phi) is 4.65. The number of hydrogen-bond acceptors (Lipinski definition) is 3. The highest BCUT2D eigenvalue weighted by molar-refractivity contribution is 5.94. The second-order valence-corrected chi connectivity index (χ2v) is 6.02.